The first kappa shape index (κ1) is 16.3. The third-order valence-electron chi connectivity index (χ3n) is 3.34. The van der Waals surface area contributed by atoms with Gasteiger partial charge in [-0.25, -0.2) is 0 Å². The van der Waals surface area contributed by atoms with Gasteiger partial charge < -0.3 is 14.6 Å². The summed E-state index contributed by atoms with van der Waals surface area (Å²) in [6.07, 6.45) is 0.356. The minimum Gasteiger partial charge on any atom is -0.493 e. The van der Waals surface area contributed by atoms with Gasteiger partial charge in [-0.15, -0.1) is 0 Å². The molecule has 2 aromatic rings. The number of benzene rings is 2. The van der Waals surface area contributed by atoms with Crippen molar-refractivity contribution in [3.63, 3.8) is 0 Å². The van der Waals surface area contributed by atoms with Crippen LogP contribution in [0.5, 0.6) is 11.5 Å². The Labute approximate surface area is 134 Å². The second-order valence-corrected chi connectivity index (χ2v) is 5.11. The van der Waals surface area contributed by atoms with E-state index in [2.05, 4.69) is 0 Å². The molecule has 0 unspecified atom stereocenters. The largest absolute Gasteiger partial charge is 0.493 e. The minimum absolute atomic E-state index is 0.0591. The average Bonchev–Trinajstić information content (AvgIpc) is 2.54. The van der Waals surface area contributed by atoms with E-state index in [0.717, 1.165) is 0 Å². The van der Waals surface area contributed by atoms with Crippen LogP contribution in [0.4, 0.5) is 0 Å². The topological polar surface area (TPSA) is 55.8 Å². The number of rotatable bonds is 6. The molecule has 0 radical (unpaired) electrons. The first-order valence-electron chi connectivity index (χ1n) is 6.76. The number of carbonyl (C=O) groups is 1. The second-order valence-electron chi connectivity index (χ2n) is 4.67. The zero-order valence-electron chi connectivity index (χ0n) is 12.4. The third kappa shape index (κ3) is 3.40. The van der Waals surface area contributed by atoms with Gasteiger partial charge in [0.1, 0.15) is 0 Å². The predicted octanol–water partition coefficient (Wildman–Crippen LogP) is 3.12. The van der Waals surface area contributed by atoms with E-state index < -0.39 is 0 Å². The number of hydrogen-bond acceptors (Lipinski definition) is 4. The first-order valence-corrected chi connectivity index (χ1v) is 7.14. The average molecular weight is 321 g/mol. The lowest BCUT2D eigenvalue weighted by molar-refractivity contribution is 0.103. The second kappa shape index (κ2) is 7.29. The van der Waals surface area contributed by atoms with E-state index in [4.69, 9.17) is 21.1 Å². The Kier molecular flexibility index (Phi) is 5.41. The molecule has 0 fully saturated rings. The number of carbonyl (C=O) groups excluding carboxylic acids is 1. The van der Waals surface area contributed by atoms with Gasteiger partial charge >= 0.3 is 0 Å². The highest BCUT2D eigenvalue weighted by Crippen LogP contribution is 2.32. The van der Waals surface area contributed by atoms with Crippen molar-refractivity contribution in [2.45, 2.75) is 6.42 Å². The van der Waals surface area contributed by atoms with Crippen LogP contribution in [0.3, 0.4) is 0 Å². The van der Waals surface area contributed by atoms with E-state index in [9.17, 15) is 9.90 Å². The number of aliphatic hydroxyl groups is 1. The molecule has 0 aliphatic rings. The van der Waals surface area contributed by atoms with Crippen LogP contribution >= 0.6 is 11.6 Å². The van der Waals surface area contributed by atoms with E-state index in [1.54, 1.807) is 36.4 Å². The summed E-state index contributed by atoms with van der Waals surface area (Å²) in [6.45, 7) is -0.0591. The molecule has 0 aliphatic heterocycles. The molecule has 0 bridgehead atoms. The lowest BCUT2D eigenvalue weighted by Crippen LogP contribution is -2.08. The summed E-state index contributed by atoms with van der Waals surface area (Å²) in [4.78, 5) is 12.7. The maximum absolute atomic E-state index is 12.7. The van der Waals surface area contributed by atoms with Crippen LogP contribution in [0.15, 0.2) is 36.4 Å². The van der Waals surface area contributed by atoms with Gasteiger partial charge in [-0.1, -0.05) is 11.6 Å². The molecule has 0 saturated heterocycles. The lowest BCUT2D eigenvalue weighted by atomic mass is 9.96. The van der Waals surface area contributed by atoms with Crippen molar-refractivity contribution in [2.24, 2.45) is 0 Å². The van der Waals surface area contributed by atoms with Gasteiger partial charge in [-0.3, -0.25) is 4.79 Å². The molecule has 1 N–H and O–H groups in total. The molecule has 116 valence electrons. The maximum atomic E-state index is 12.7. The van der Waals surface area contributed by atoms with Gasteiger partial charge in [0.05, 0.1) is 14.2 Å². The number of ketones is 1. The molecular formula is C17H17ClO4. The summed E-state index contributed by atoms with van der Waals surface area (Å²) in [7, 11) is 3.04. The van der Waals surface area contributed by atoms with Crippen LogP contribution in [-0.4, -0.2) is 31.7 Å². The molecular weight excluding hydrogens is 304 g/mol. The van der Waals surface area contributed by atoms with Crippen molar-refractivity contribution >= 4 is 17.4 Å². The van der Waals surface area contributed by atoms with Crippen LogP contribution in [0.1, 0.15) is 21.5 Å². The van der Waals surface area contributed by atoms with Crippen molar-refractivity contribution in [2.75, 3.05) is 20.8 Å². The van der Waals surface area contributed by atoms with E-state index in [0.29, 0.717) is 39.6 Å². The van der Waals surface area contributed by atoms with E-state index in [-0.39, 0.29) is 12.4 Å². The number of ether oxygens (including phenoxy) is 2. The van der Waals surface area contributed by atoms with Gasteiger partial charge in [-0.05, 0) is 48.4 Å². The van der Waals surface area contributed by atoms with Gasteiger partial charge in [-0.2, -0.15) is 0 Å². The van der Waals surface area contributed by atoms with Crippen molar-refractivity contribution in [1.82, 2.24) is 0 Å². The third-order valence-corrected chi connectivity index (χ3v) is 3.59. The van der Waals surface area contributed by atoms with Gasteiger partial charge in [0.2, 0.25) is 0 Å². The molecule has 4 nitrogen and oxygen atoms in total. The number of hydrogen-bond donors (Lipinski definition) is 1. The van der Waals surface area contributed by atoms with Crippen LogP contribution in [0, 0.1) is 0 Å². The Hall–Kier alpha value is -2.04. The number of aliphatic hydroxyl groups excluding tert-OH is 1. The molecule has 0 aliphatic carbocycles. The normalized spacial score (nSPS) is 10.4. The Morgan fingerprint density at radius 3 is 2.23 bits per heavy atom. The summed E-state index contributed by atoms with van der Waals surface area (Å²) in [5.74, 6) is 0.848. The molecule has 0 aromatic heterocycles. The molecule has 0 saturated carbocycles. The number of methoxy groups -OCH3 is 2. The highest BCUT2D eigenvalue weighted by Gasteiger charge is 2.18. The quantitative estimate of drug-likeness (QED) is 0.831. The Morgan fingerprint density at radius 2 is 1.68 bits per heavy atom. The Balaban J connectivity index is 2.51. The van der Waals surface area contributed by atoms with Gasteiger partial charge in [0.15, 0.2) is 17.3 Å². The van der Waals surface area contributed by atoms with Crippen LogP contribution in [0.25, 0.3) is 0 Å². The SMILES string of the molecule is COc1cc(CCO)c(C(=O)c2ccc(Cl)cc2)cc1OC. The molecule has 0 spiro atoms. The summed E-state index contributed by atoms with van der Waals surface area (Å²) < 4.78 is 10.5. The molecule has 0 amide bonds. The Bertz CT molecular complexity index is 665. The molecule has 0 atom stereocenters. The molecule has 22 heavy (non-hydrogen) atoms. The van der Waals surface area contributed by atoms with Crippen LogP contribution < -0.4 is 9.47 Å². The standard InChI is InChI=1S/C17H17ClO4/c1-21-15-9-12(7-8-19)14(10-16(15)22-2)17(20)11-3-5-13(18)6-4-11/h3-6,9-10,19H,7-8H2,1-2H3. The minimum atomic E-state index is -0.152. The number of halogens is 1. The highest BCUT2D eigenvalue weighted by atomic mass is 35.5. The summed E-state index contributed by atoms with van der Waals surface area (Å²) in [5, 5.41) is 9.79. The Morgan fingerprint density at radius 1 is 1.09 bits per heavy atom. The van der Waals surface area contributed by atoms with E-state index >= 15 is 0 Å². The predicted molar refractivity (Wildman–Crippen MR) is 85.2 cm³/mol. The van der Waals surface area contributed by atoms with E-state index in [1.807, 2.05) is 0 Å². The van der Waals surface area contributed by atoms with Crippen LogP contribution in [0.2, 0.25) is 5.02 Å². The smallest absolute Gasteiger partial charge is 0.193 e. The zero-order valence-corrected chi connectivity index (χ0v) is 13.2. The van der Waals surface area contributed by atoms with E-state index in [1.165, 1.54) is 14.2 Å². The maximum Gasteiger partial charge on any atom is 0.193 e. The lowest BCUT2D eigenvalue weighted by Gasteiger charge is -2.14. The fourth-order valence-corrected chi connectivity index (χ4v) is 2.34. The summed E-state index contributed by atoms with van der Waals surface area (Å²) in [6, 6.07) is 10.0. The summed E-state index contributed by atoms with van der Waals surface area (Å²) >= 11 is 5.85. The first-order chi connectivity index (χ1) is 10.6. The highest BCUT2D eigenvalue weighted by molar-refractivity contribution is 6.30. The van der Waals surface area contributed by atoms with Crippen LogP contribution in [-0.2, 0) is 6.42 Å². The summed E-state index contributed by atoms with van der Waals surface area (Å²) in [5.41, 5.74) is 1.71. The van der Waals surface area contributed by atoms with Gasteiger partial charge in [0.25, 0.3) is 0 Å². The molecule has 2 aromatic carbocycles. The molecule has 5 heteroatoms. The zero-order chi connectivity index (χ0) is 16.1. The fourth-order valence-electron chi connectivity index (χ4n) is 2.22. The van der Waals surface area contributed by atoms with Crippen molar-refractivity contribution in [1.29, 1.82) is 0 Å². The van der Waals surface area contributed by atoms with Crippen molar-refractivity contribution in [3.05, 3.63) is 58.1 Å². The fraction of sp³-hybridized carbons (Fsp3) is 0.235. The van der Waals surface area contributed by atoms with Gasteiger partial charge in [0, 0.05) is 22.8 Å². The molecule has 2 rings (SSSR count). The monoisotopic (exact) mass is 320 g/mol. The van der Waals surface area contributed by atoms with Crippen molar-refractivity contribution < 1.29 is 19.4 Å². The van der Waals surface area contributed by atoms with Crippen molar-refractivity contribution in [3.8, 4) is 11.5 Å². The molecule has 0 heterocycles.